The van der Waals surface area contributed by atoms with E-state index in [1.54, 1.807) is 12.1 Å². The third kappa shape index (κ3) is 3.53. The van der Waals surface area contributed by atoms with E-state index in [2.05, 4.69) is 24.3 Å². The average molecular weight is 250 g/mol. The quantitative estimate of drug-likeness (QED) is 0.883. The highest BCUT2D eigenvalue weighted by molar-refractivity contribution is 5.22. The summed E-state index contributed by atoms with van der Waals surface area (Å²) in [6.07, 6.45) is 2.44. The fourth-order valence-electron chi connectivity index (χ4n) is 2.88. The molecule has 1 aliphatic rings. The molecule has 0 bridgehead atoms. The molecular weight excluding hydrogens is 227 g/mol. The van der Waals surface area contributed by atoms with Gasteiger partial charge in [-0.1, -0.05) is 12.1 Å². The molecule has 1 atom stereocenters. The molecule has 18 heavy (non-hydrogen) atoms. The number of hydrogen-bond donors (Lipinski definition) is 1. The fraction of sp³-hybridized carbons (Fsp3) is 0.600. The van der Waals surface area contributed by atoms with Crippen molar-refractivity contribution in [1.29, 1.82) is 0 Å². The molecular formula is C15H23FN2. The number of rotatable bonds is 4. The first kappa shape index (κ1) is 13.5. The summed E-state index contributed by atoms with van der Waals surface area (Å²) in [6.45, 7) is 3.25. The third-order valence-corrected chi connectivity index (χ3v) is 3.81. The van der Waals surface area contributed by atoms with Crippen LogP contribution in [0.1, 0.15) is 24.3 Å². The highest BCUT2D eigenvalue weighted by Crippen LogP contribution is 2.31. The summed E-state index contributed by atoms with van der Waals surface area (Å²) >= 11 is 0. The van der Waals surface area contributed by atoms with Gasteiger partial charge in [0.1, 0.15) is 5.82 Å². The lowest BCUT2D eigenvalue weighted by Crippen LogP contribution is -2.34. The van der Waals surface area contributed by atoms with Gasteiger partial charge >= 0.3 is 0 Å². The van der Waals surface area contributed by atoms with Gasteiger partial charge in [-0.15, -0.1) is 0 Å². The van der Waals surface area contributed by atoms with Crippen LogP contribution in [0.25, 0.3) is 0 Å². The summed E-state index contributed by atoms with van der Waals surface area (Å²) in [6, 6.07) is 7.06. The van der Waals surface area contributed by atoms with E-state index in [4.69, 9.17) is 0 Å². The number of likely N-dealkylation sites (N-methyl/N-ethyl adjacent to an activating group) is 1. The van der Waals surface area contributed by atoms with Crippen LogP contribution in [0.5, 0.6) is 0 Å². The predicted octanol–water partition coefficient (Wildman–Crippen LogP) is 2.47. The lowest BCUT2D eigenvalue weighted by Gasteiger charge is -2.33. The van der Waals surface area contributed by atoms with Gasteiger partial charge in [-0.25, -0.2) is 4.39 Å². The Morgan fingerprint density at radius 2 is 1.83 bits per heavy atom. The molecule has 1 N–H and O–H groups in total. The van der Waals surface area contributed by atoms with E-state index < -0.39 is 0 Å². The molecule has 0 spiro atoms. The van der Waals surface area contributed by atoms with Crippen LogP contribution in [0.15, 0.2) is 24.3 Å². The van der Waals surface area contributed by atoms with E-state index in [0.29, 0.717) is 11.8 Å². The van der Waals surface area contributed by atoms with Gasteiger partial charge in [-0.2, -0.15) is 0 Å². The van der Waals surface area contributed by atoms with Gasteiger partial charge < -0.3 is 10.2 Å². The summed E-state index contributed by atoms with van der Waals surface area (Å²) in [7, 11) is 4.22. The Morgan fingerprint density at radius 3 is 2.39 bits per heavy atom. The highest BCUT2D eigenvalue weighted by atomic mass is 19.1. The lowest BCUT2D eigenvalue weighted by atomic mass is 9.80. The monoisotopic (exact) mass is 250 g/mol. The van der Waals surface area contributed by atoms with Gasteiger partial charge in [-0.05, 0) is 69.6 Å². The second kappa shape index (κ2) is 6.30. The first-order valence-electron chi connectivity index (χ1n) is 6.77. The minimum absolute atomic E-state index is 0.146. The van der Waals surface area contributed by atoms with Gasteiger partial charge in [0.25, 0.3) is 0 Å². The highest BCUT2D eigenvalue weighted by Gasteiger charge is 2.25. The van der Waals surface area contributed by atoms with Crippen LogP contribution >= 0.6 is 0 Å². The molecule has 0 aromatic heterocycles. The second-order valence-electron chi connectivity index (χ2n) is 5.51. The number of nitrogens with zero attached hydrogens (tertiary/aromatic N) is 1. The minimum Gasteiger partial charge on any atom is -0.317 e. The van der Waals surface area contributed by atoms with Crippen LogP contribution in [0.4, 0.5) is 4.39 Å². The number of hydrogen-bond acceptors (Lipinski definition) is 2. The normalized spacial score (nSPS) is 19.1. The Morgan fingerprint density at radius 1 is 1.22 bits per heavy atom. The molecule has 1 aromatic rings. The van der Waals surface area contributed by atoms with Crippen LogP contribution in [0, 0.1) is 11.7 Å². The maximum atomic E-state index is 13.0. The second-order valence-corrected chi connectivity index (χ2v) is 5.51. The fourth-order valence-corrected chi connectivity index (χ4v) is 2.88. The largest absolute Gasteiger partial charge is 0.317 e. The van der Waals surface area contributed by atoms with E-state index >= 15 is 0 Å². The molecule has 1 heterocycles. The van der Waals surface area contributed by atoms with Crippen molar-refractivity contribution in [2.75, 3.05) is 33.7 Å². The predicted molar refractivity (Wildman–Crippen MR) is 73.3 cm³/mol. The molecule has 0 saturated carbocycles. The van der Waals surface area contributed by atoms with E-state index in [1.165, 1.54) is 18.4 Å². The summed E-state index contributed by atoms with van der Waals surface area (Å²) in [5.41, 5.74) is 1.28. The van der Waals surface area contributed by atoms with E-state index in [-0.39, 0.29) is 5.82 Å². The molecule has 1 saturated heterocycles. The molecule has 100 valence electrons. The molecule has 0 aliphatic carbocycles. The molecule has 2 rings (SSSR count). The number of halogens is 1. The Kier molecular flexibility index (Phi) is 4.72. The van der Waals surface area contributed by atoms with Crippen LogP contribution in [-0.4, -0.2) is 38.6 Å². The first-order valence-corrected chi connectivity index (χ1v) is 6.77. The summed E-state index contributed by atoms with van der Waals surface area (Å²) in [5.74, 6) is 1.08. The topological polar surface area (TPSA) is 15.3 Å². The maximum absolute atomic E-state index is 13.0. The molecule has 0 amide bonds. The van der Waals surface area contributed by atoms with Crippen molar-refractivity contribution >= 4 is 0 Å². The SMILES string of the molecule is CN(C)CC(c1ccc(F)cc1)C1CCNCC1. The molecule has 1 fully saturated rings. The third-order valence-electron chi connectivity index (χ3n) is 3.81. The van der Waals surface area contributed by atoms with Gasteiger partial charge in [0.15, 0.2) is 0 Å². The zero-order valence-electron chi connectivity index (χ0n) is 11.3. The molecule has 1 unspecified atom stereocenters. The van der Waals surface area contributed by atoms with Crippen LogP contribution in [-0.2, 0) is 0 Å². The lowest BCUT2D eigenvalue weighted by molar-refractivity contribution is 0.261. The molecule has 1 aliphatic heterocycles. The maximum Gasteiger partial charge on any atom is 0.123 e. The van der Waals surface area contributed by atoms with Crippen molar-refractivity contribution in [2.45, 2.75) is 18.8 Å². The summed E-state index contributed by atoms with van der Waals surface area (Å²) in [4.78, 5) is 2.23. The Hall–Kier alpha value is -0.930. The molecule has 2 nitrogen and oxygen atoms in total. The van der Waals surface area contributed by atoms with E-state index in [9.17, 15) is 4.39 Å². The molecule has 0 radical (unpaired) electrons. The van der Waals surface area contributed by atoms with Gasteiger partial charge in [0.2, 0.25) is 0 Å². The van der Waals surface area contributed by atoms with Crippen LogP contribution in [0.3, 0.4) is 0 Å². The summed E-state index contributed by atoms with van der Waals surface area (Å²) in [5, 5.41) is 3.41. The van der Waals surface area contributed by atoms with Crippen LogP contribution < -0.4 is 5.32 Å². The number of nitrogens with one attached hydrogen (secondary N) is 1. The van der Waals surface area contributed by atoms with Crippen molar-refractivity contribution in [1.82, 2.24) is 10.2 Å². The first-order chi connectivity index (χ1) is 8.66. The van der Waals surface area contributed by atoms with Gasteiger partial charge in [0.05, 0.1) is 0 Å². The standard InChI is InChI=1S/C15H23FN2/c1-18(2)11-15(13-7-9-17-10-8-13)12-3-5-14(16)6-4-12/h3-6,13,15,17H,7-11H2,1-2H3. The Bertz CT molecular complexity index is 355. The zero-order chi connectivity index (χ0) is 13.0. The van der Waals surface area contributed by atoms with Crippen LogP contribution in [0.2, 0.25) is 0 Å². The van der Waals surface area contributed by atoms with Crippen molar-refractivity contribution in [3.05, 3.63) is 35.6 Å². The zero-order valence-corrected chi connectivity index (χ0v) is 11.3. The smallest absolute Gasteiger partial charge is 0.123 e. The number of benzene rings is 1. The van der Waals surface area contributed by atoms with E-state index in [1.807, 2.05) is 12.1 Å². The summed E-state index contributed by atoms with van der Waals surface area (Å²) < 4.78 is 13.0. The Labute approximate surface area is 109 Å². The molecule has 1 aromatic carbocycles. The van der Waals surface area contributed by atoms with Gasteiger partial charge in [-0.3, -0.25) is 0 Å². The van der Waals surface area contributed by atoms with Crippen molar-refractivity contribution in [2.24, 2.45) is 5.92 Å². The number of piperidine rings is 1. The van der Waals surface area contributed by atoms with Crippen molar-refractivity contribution in [3.63, 3.8) is 0 Å². The van der Waals surface area contributed by atoms with E-state index in [0.717, 1.165) is 19.6 Å². The Balaban J connectivity index is 2.15. The molecule has 3 heteroatoms. The average Bonchev–Trinajstić information content (AvgIpc) is 2.38. The van der Waals surface area contributed by atoms with Crippen molar-refractivity contribution < 1.29 is 4.39 Å². The van der Waals surface area contributed by atoms with Crippen molar-refractivity contribution in [3.8, 4) is 0 Å². The minimum atomic E-state index is -0.146. The van der Waals surface area contributed by atoms with Gasteiger partial charge in [0, 0.05) is 6.54 Å².